The van der Waals surface area contributed by atoms with Crippen LogP contribution >= 0.6 is 11.3 Å². The summed E-state index contributed by atoms with van der Waals surface area (Å²) in [6.45, 7) is 7.99. The van der Waals surface area contributed by atoms with Crippen LogP contribution < -0.4 is 9.64 Å². The largest absolute Gasteiger partial charge is 0.461 e. The second-order valence-corrected chi connectivity index (χ2v) is 13.8. The van der Waals surface area contributed by atoms with E-state index in [2.05, 4.69) is 24.8 Å². The number of piperazine rings is 1. The van der Waals surface area contributed by atoms with Gasteiger partial charge >= 0.3 is 12.2 Å². The van der Waals surface area contributed by atoms with Crippen molar-refractivity contribution in [2.45, 2.75) is 43.2 Å². The summed E-state index contributed by atoms with van der Waals surface area (Å²) in [6, 6.07) is 0.436. The van der Waals surface area contributed by atoms with E-state index in [4.69, 9.17) is 11.3 Å². The Morgan fingerprint density at radius 3 is 2.73 bits per heavy atom. The van der Waals surface area contributed by atoms with Crippen molar-refractivity contribution < 1.29 is 40.3 Å². The standard InChI is InChI=1S/C34H29F7N8O2S/c1-42-14-21-17-47(8-9-49(21)31(50)25(37)12-26-43-6-10-52-26)30-23-15-44-28(22-11-19(35)3-4-24(22)34(39,40)41)27(38)29(23)45-32(46-30)51-18-33-5-2-7-48(33)16-20(36)13-33/h3-4,6,10-12,15,20-21H,2,5,7-9,13-14,16-18H2/b25-12-/t20-,21+,33+/m1/s1. The van der Waals surface area contributed by atoms with Crippen molar-refractivity contribution in [3.05, 3.63) is 75.4 Å². The van der Waals surface area contributed by atoms with E-state index in [9.17, 15) is 26.7 Å². The van der Waals surface area contributed by atoms with E-state index in [-0.39, 0.29) is 68.0 Å². The van der Waals surface area contributed by atoms with Crippen LogP contribution in [0.5, 0.6) is 6.01 Å². The monoisotopic (exact) mass is 746 g/mol. The molecule has 3 saturated heterocycles. The second kappa shape index (κ2) is 13.9. The van der Waals surface area contributed by atoms with E-state index < -0.39 is 69.6 Å². The number of anilines is 1. The zero-order valence-electron chi connectivity index (χ0n) is 27.2. The molecule has 10 nitrogen and oxygen atoms in total. The number of hydrogen-bond donors (Lipinski definition) is 0. The fourth-order valence-electron chi connectivity index (χ4n) is 7.31. The lowest BCUT2D eigenvalue weighted by Crippen LogP contribution is -2.56. The van der Waals surface area contributed by atoms with Crippen LogP contribution in [0.25, 0.3) is 33.1 Å². The van der Waals surface area contributed by atoms with Gasteiger partial charge in [-0.3, -0.25) is 14.7 Å². The van der Waals surface area contributed by atoms with Crippen LogP contribution in [-0.2, 0) is 11.0 Å². The maximum atomic E-state index is 16.5. The predicted octanol–water partition coefficient (Wildman–Crippen LogP) is 6.35. The molecule has 0 unspecified atom stereocenters. The molecule has 3 aromatic heterocycles. The first-order valence-corrected chi connectivity index (χ1v) is 17.2. The minimum Gasteiger partial charge on any atom is -0.461 e. The third-order valence-corrected chi connectivity index (χ3v) is 10.4. The van der Waals surface area contributed by atoms with E-state index >= 15 is 8.78 Å². The molecule has 52 heavy (non-hydrogen) atoms. The number of hydrogen-bond acceptors (Lipinski definition) is 9. The van der Waals surface area contributed by atoms with Gasteiger partial charge in [-0.2, -0.15) is 23.1 Å². The Morgan fingerprint density at radius 1 is 1.15 bits per heavy atom. The van der Waals surface area contributed by atoms with Crippen LogP contribution in [0.2, 0.25) is 0 Å². The summed E-state index contributed by atoms with van der Waals surface area (Å²) in [4.78, 5) is 38.1. The van der Waals surface area contributed by atoms with Crippen molar-refractivity contribution in [1.82, 2.24) is 29.7 Å². The van der Waals surface area contributed by atoms with Gasteiger partial charge in [-0.05, 0) is 37.6 Å². The zero-order chi connectivity index (χ0) is 36.8. The highest BCUT2D eigenvalue weighted by Crippen LogP contribution is 2.42. The zero-order valence-corrected chi connectivity index (χ0v) is 28.0. The molecule has 0 radical (unpaired) electrons. The Morgan fingerprint density at radius 2 is 1.98 bits per heavy atom. The number of rotatable bonds is 8. The lowest BCUT2D eigenvalue weighted by atomic mass is 9.95. The van der Waals surface area contributed by atoms with Crippen molar-refractivity contribution in [2.75, 3.05) is 50.8 Å². The average Bonchev–Trinajstić information content (AvgIpc) is 3.83. The van der Waals surface area contributed by atoms with Gasteiger partial charge in [0.05, 0.1) is 16.5 Å². The molecule has 0 aliphatic carbocycles. The second-order valence-electron chi connectivity index (χ2n) is 12.9. The topological polar surface area (TPSA) is 91.9 Å². The van der Waals surface area contributed by atoms with Crippen molar-refractivity contribution in [2.24, 2.45) is 0 Å². The molecule has 0 bridgehead atoms. The number of aromatic nitrogens is 4. The van der Waals surface area contributed by atoms with E-state index in [1.807, 2.05) is 4.90 Å². The van der Waals surface area contributed by atoms with Crippen LogP contribution in [0.3, 0.4) is 0 Å². The number of halogens is 7. The highest BCUT2D eigenvalue weighted by molar-refractivity contribution is 7.10. The molecule has 272 valence electrons. The van der Waals surface area contributed by atoms with Crippen molar-refractivity contribution in [3.63, 3.8) is 0 Å². The Bertz CT molecular complexity index is 2080. The number of pyridine rings is 1. The molecule has 0 saturated carbocycles. The SMILES string of the molecule is [C-]#[N+]C[C@H]1CN(c2nc(OC[C@@]34CCCN3C[C@H](F)C4)nc3c(F)c(-c4cc(F)ccc4C(F)(F)F)ncc23)CCN1C(=O)/C(F)=C/c1nccs1. The molecule has 0 spiro atoms. The number of benzene rings is 1. The quantitative estimate of drug-likeness (QED) is 0.117. The van der Waals surface area contributed by atoms with Gasteiger partial charge in [0, 0.05) is 62.0 Å². The van der Waals surface area contributed by atoms with Crippen LogP contribution in [0, 0.1) is 18.2 Å². The van der Waals surface area contributed by atoms with Gasteiger partial charge in [-0.15, -0.1) is 11.3 Å². The molecule has 3 aliphatic rings. The third kappa shape index (κ3) is 6.74. The summed E-state index contributed by atoms with van der Waals surface area (Å²) in [5, 5.41) is 1.86. The highest BCUT2D eigenvalue weighted by atomic mass is 32.1. The fourth-order valence-corrected chi connectivity index (χ4v) is 7.87. The van der Waals surface area contributed by atoms with Gasteiger partial charge < -0.3 is 19.4 Å². The van der Waals surface area contributed by atoms with E-state index in [0.29, 0.717) is 31.2 Å². The first-order valence-electron chi connectivity index (χ1n) is 16.3. The van der Waals surface area contributed by atoms with Crippen LogP contribution in [0.15, 0.2) is 41.8 Å². The molecule has 3 fully saturated rings. The summed E-state index contributed by atoms with van der Waals surface area (Å²) < 4.78 is 108. The summed E-state index contributed by atoms with van der Waals surface area (Å²) in [5.74, 6) is -4.33. The van der Waals surface area contributed by atoms with Gasteiger partial charge in [0.2, 0.25) is 6.54 Å². The molecule has 1 amide bonds. The van der Waals surface area contributed by atoms with Crippen LogP contribution in [0.4, 0.5) is 36.6 Å². The summed E-state index contributed by atoms with van der Waals surface area (Å²) in [7, 11) is 0. The number of thiazole rings is 1. The first-order chi connectivity index (χ1) is 24.9. The van der Waals surface area contributed by atoms with Gasteiger partial charge in [-0.1, -0.05) is 0 Å². The number of ether oxygens (including phenoxy) is 1. The van der Waals surface area contributed by atoms with Gasteiger partial charge in [0.25, 0.3) is 5.91 Å². The Hall–Kier alpha value is -4.89. The molecule has 3 aliphatic heterocycles. The Kier molecular flexibility index (Phi) is 9.50. The van der Waals surface area contributed by atoms with E-state index in [0.717, 1.165) is 30.0 Å². The third-order valence-electron chi connectivity index (χ3n) is 9.67. The maximum Gasteiger partial charge on any atom is 0.417 e. The van der Waals surface area contributed by atoms with E-state index in [1.165, 1.54) is 11.1 Å². The van der Waals surface area contributed by atoms with Crippen LogP contribution in [0.1, 0.15) is 29.8 Å². The number of alkyl halides is 4. The normalized spacial score (nSPS) is 22.5. The molecule has 3 atom stereocenters. The van der Waals surface area contributed by atoms with Gasteiger partial charge in [0.1, 0.15) is 46.7 Å². The lowest BCUT2D eigenvalue weighted by Gasteiger charge is -2.39. The average molecular weight is 747 g/mol. The smallest absolute Gasteiger partial charge is 0.417 e. The molecule has 7 rings (SSSR count). The maximum absolute atomic E-state index is 16.5. The van der Waals surface area contributed by atoms with Crippen molar-refractivity contribution >= 4 is 40.0 Å². The minimum atomic E-state index is -4.97. The lowest BCUT2D eigenvalue weighted by molar-refractivity contribution is -0.137. The van der Waals surface area contributed by atoms with E-state index in [1.54, 1.807) is 10.3 Å². The highest BCUT2D eigenvalue weighted by Gasteiger charge is 2.49. The number of fused-ring (bicyclic) bond motifs is 2. The van der Waals surface area contributed by atoms with Crippen molar-refractivity contribution in [1.29, 1.82) is 0 Å². The van der Waals surface area contributed by atoms with Crippen molar-refractivity contribution in [3.8, 4) is 17.3 Å². The predicted molar refractivity (Wildman–Crippen MR) is 177 cm³/mol. The number of carbonyl (C=O) groups is 1. The summed E-state index contributed by atoms with van der Waals surface area (Å²) in [5.41, 5.74) is -4.09. The van der Waals surface area contributed by atoms with Gasteiger partial charge in [0.15, 0.2) is 11.6 Å². The number of amides is 1. The number of carbonyl (C=O) groups excluding carboxylic acids is 1. The molecular weight excluding hydrogens is 717 g/mol. The van der Waals surface area contributed by atoms with Crippen LogP contribution in [-0.4, -0.2) is 99.3 Å². The molecule has 1 aromatic carbocycles. The fraction of sp³-hybridized carbons (Fsp3) is 0.412. The van der Waals surface area contributed by atoms with Gasteiger partial charge in [-0.25, -0.2) is 29.1 Å². The molecule has 6 heterocycles. The summed E-state index contributed by atoms with van der Waals surface area (Å²) >= 11 is 1.13. The summed E-state index contributed by atoms with van der Waals surface area (Å²) in [6.07, 6.45) is -0.857. The first kappa shape index (κ1) is 35.5. The number of nitrogens with zero attached hydrogens (tertiary/aromatic N) is 8. The molecule has 18 heteroatoms. The minimum absolute atomic E-state index is 0.0169. The molecule has 0 N–H and O–H groups in total. The Balaban J connectivity index is 1.28. The molecular formula is C34H29F7N8O2S. The Labute approximate surface area is 296 Å². The molecule has 4 aromatic rings.